The van der Waals surface area contributed by atoms with Crippen molar-refractivity contribution in [1.29, 1.82) is 0 Å². The molecule has 0 spiro atoms. The van der Waals surface area contributed by atoms with E-state index in [0.29, 0.717) is 25.7 Å². The Bertz CT molecular complexity index is 1770. The molecule has 2 unspecified atom stereocenters. The molecule has 0 saturated carbocycles. The highest BCUT2D eigenvalue weighted by Gasteiger charge is 2.30. The molecule has 0 aliphatic rings. The summed E-state index contributed by atoms with van der Waals surface area (Å²) in [5.41, 5.74) is 0. The van der Waals surface area contributed by atoms with Gasteiger partial charge in [-0.1, -0.05) is 305 Å². The SMILES string of the molecule is CCCCCCCC(=O)OC[C@H](COP(=O)(O)OC[C@H](O)COP(=O)(O)OC[C@@H](COC(=O)CCCCCCCCCCCCCCC(C)C)OC(=O)CCCCCCCCCCCCCCCC(C)C)OC(=O)CCCCCCCCCCCCCC(C)C. The summed E-state index contributed by atoms with van der Waals surface area (Å²) >= 11 is 0. The van der Waals surface area contributed by atoms with Crippen molar-refractivity contribution in [1.82, 2.24) is 0 Å². The van der Waals surface area contributed by atoms with Crippen molar-refractivity contribution in [3.05, 3.63) is 0 Å². The molecule has 90 heavy (non-hydrogen) atoms. The molecule has 0 rings (SSSR count). The van der Waals surface area contributed by atoms with E-state index in [9.17, 15) is 43.2 Å². The third-order valence-electron chi connectivity index (χ3n) is 16.4. The van der Waals surface area contributed by atoms with Gasteiger partial charge in [0.1, 0.15) is 19.3 Å². The third-order valence-corrected chi connectivity index (χ3v) is 18.3. The molecular formula is C71H138O17P2. The van der Waals surface area contributed by atoms with Crippen LogP contribution in [0.25, 0.3) is 0 Å². The predicted octanol–water partition coefficient (Wildman–Crippen LogP) is 20.2. The van der Waals surface area contributed by atoms with Crippen molar-refractivity contribution in [2.45, 2.75) is 375 Å². The van der Waals surface area contributed by atoms with Crippen LogP contribution in [0, 0.1) is 17.8 Å². The molecule has 0 saturated heterocycles. The molecule has 0 radical (unpaired) electrons. The first-order chi connectivity index (χ1) is 43.2. The maximum absolute atomic E-state index is 13.0. The van der Waals surface area contributed by atoms with Gasteiger partial charge in [-0.15, -0.1) is 0 Å². The summed E-state index contributed by atoms with van der Waals surface area (Å²) in [6.07, 6.45) is 46.1. The molecule has 0 aliphatic heterocycles. The van der Waals surface area contributed by atoms with Gasteiger partial charge in [0.05, 0.1) is 26.4 Å². The Morgan fingerprint density at radius 3 is 0.756 bits per heavy atom. The lowest BCUT2D eigenvalue weighted by molar-refractivity contribution is -0.161. The van der Waals surface area contributed by atoms with E-state index in [4.69, 9.17) is 37.0 Å². The van der Waals surface area contributed by atoms with Crippen molar-refractivity contribution in [3.63, 3.8) is 0 Å². The maximum atomic E-state index is 13.0. The van der Waals surface area contributed by atoms with Crippen LogP contribution in [-0.4, -0.2) is 96.7 Å². The molecule has 19 heteroatoms. The molecule has 0 aromatic heterocycles. The minimum absolute atomic E-state index is 0.105. The van der Waals surface area contributed by atoms with E-state index in [1.165, 1.54) is 161 Å². The van der Waals surface area contributed by atoms with Crippen LogP contribution in [0.3, 0.4) is 0 Å². The normalized spacial score (nSPS) is 14.2. The fraction of sp³-hybridized carbons (Fsp3) is 0.944. The lowest BCUT2D eigenvalue weighted by atomic mass is 10.0. The molecule has 0 aromatic carbocycles. The highest BCUT2D eigenvalue weighted by atomic mass is 31.2. The molecule has 0 aliphatic carbocycles. The zero-order chi connectivity index (χ0) is 66.6. The average molecular weight is 1330 g/mol. The summed E-state index contributed by atoms with van der Waals surface area (Å²) in [5.74, 6) is 0.199. The van der Waals surface area contributed by atoms with E-state index >= 15 is 0 Å². The zero-order valence-electron chi connectivity index (χ0n) is 58.6. The summed E-state index contributed by atoms with van der Waals surface area (Å²) in [4.78, 5) is 72.3. The number of esters is 4. The summed E-state index contributed by atoms with van der Waals surface area (Å²) < 4.78 is 68.1. The second kappa shape index (κ2) is 61.9. The molecule has 534 valence electrons. The van der Waals surface area contributed by atoms with Crippen LogP contribution in [-0.2, 0) is 65.4 Å². The number of rotatable bonds is 69. The number of unbranched alkanes of at least 4 members (excludes halogenated alkanes) is 37. The standard InChI is InChI=1S/C71H138O17P2/c1-8-9-10-35-45-52-68(73)81-58-66(87-70(75)55-48-41-34-28-22-16-19-25-31-38-44-51-64(6)7)60-85-89(77,78)83-56-65(72)57-84-90(79,80)86-61-67(59-82-69(74)53-46-39-32-26-20-15-14-18-24-30-37-43-50-63(4)5)88-71(76)54-47-40-33-27-21-13-11-12-17-23-29-36-42-49-62(2)3/h62-67,72H,8-61H2,1-7H3,(H,77,78)(H,79,80)/t65-,66+,67+/m0/s1. The Labute approximate surface area is 549 Å². The molecule has 0 bridgehead atoms. The van der Waals surface area contributed by atoms with Gasteiger partial charge in [0.2, 0.25) is 0 Å². The Balaban J connectivity index is 5.16. The largest absolute Gasteiger partial charge is 0.472 e. The molecule has 3 N–H and O–H groups in total. The van der Waals surface area contributed by atoms with Gasteiger partial charge in [-0.25, -0.2) is 9.13 Å². The van der Waals surface area contributed by atoms with Gasteiger partial charge in [0.25, 0.3) is 0 Å². The van der Waals surface area contributed by atoms with Crippen LogP contribution in [0.15, 0.2) is 0 Å². The fourth-order valence-electron chi connectivity index (χ4n) is 10.7. The molecule has 0 aromatic rings. The van der Waals surface area contributed by atoms with Gasteiger partial charge in [-0.2, -0.15) is 0 Å². The number of hydrogen-bond donors (Lipinski definition) is 3. The van der Waals surface area contributed by atoms with Crippen molar-refractivity contribution >= 4 is 39.5 Å². The topological polar surface area (TPSA) is 237 Å². The van der Waals surface area contributed by atoms with Crippen molar-refractivity contribution in [2.24, 2.45) is 17.8 Å². The lowest BCUT2D eigenvalue weighted by Crippen LogP contribution is -2.30. The first-order valence-electron chi connectivity index (χ1n) is 36.8. The van der Waals surface area contributed by atoms with Gasteiger partial charge in [-0.05, 0) is 43.4 Å². The summed E-state index contributed by atoms with van der Waals surface area (Å²) in [6, 6.07) is 0. The number of hydrogen-bond acceptors (Lipinski definition) is 15. The van der Waals surface area contributed by atoms with Gasteiger partial charge in [-0.3, -0.25) is 37.3 Å². The first-order valence-corrected chi connectivity index (χ1v) is 39.8. The van der Waals surface area contributed by atoms with E-state index < -0.39 is 97.5 Å². The highest BCUT2D eigenvalue weighted by molar-refractivity contribution is 7.47. The fourth-order valence-corrected chi connectivity index (χ4v) is 12.3. The number of phosphoric acid groups is 2. The Hall–Kier alpha value is -1.94. The van der Waals surface area contributed by atoms with Crippen LogP contribution in [0.4, 0.5) is 0 Å². The number of carbonyl (C=O) groups is 4. The van der Waals surface area contributed by atoms with Crippen molar-refractivity contribution in [3.8, 4) is 0 Å². The zero-order valence-corrected chi connectivity index (χ0v) is 60.4. The molecular weight excluding hydrogens is 1190 g/mol. The number of ether oxygens (including phenoxy) is 4. The van der Waals surface area contributed by atoms with Gasteiger partial charge >= 0.3 is 39.5 Å². The Morgan fingerprint density at radius 1 is 0.300 bits per heavy atom. The van der Waals surface area contributed by atoms with E-state index in [1.807, 2.05) is 0 Å². The predicted molar refractivity (Wildman–Crippen MR) is 363 cm³/mol. The Morgan fingerprint density at radius 2 is 0.511 bits per heavy atom. The molecule has 0 heterocycles. The summed E-state index contributed by atoms with van der Waals surface area (Å²) in [5, 5.41) is 10.6. The summed E-state index contributed by atoms with van der Waals surface area (Å²) in [6.45, 7) is 11.8. The monoisotopic (exact) mass is 1320 g/mol. The van der Waals surface area contributed by atoms with E-state index in [-0.39, 0.29) is 25.7 Å². The van der Waals surface area contributed by atoms with E-state index in [1.54, 1.807) is 0 Å². The number of phosphoric ester groups is 2. The minimum atomic E-state index is -4.95. The maximum Gasteiger partial charge on any atom is 0.472 e. The third kappa shape index (κ3) is 64.8. The van der Waals surface area contributed by atoms with Crippen LogP contribution >= 0.6 is 15.6 Å². The first kappa shape index (κ1) is 88.1. The van der Waals surface area contributed by atoms with E-state index in [2.05, 4.69) is 48.5 Å². The number of carbonyl (C=O) groups excluding carboxylic acids is 4. The number of aliphatic hydroxyl groups is 1. The van der Waals surface area contributed by atoms with Crippen LogP contribution in [0.1, 0.15) is 357 Å². The van der Waals surface area contributed by atoms with Gasteiger partial charge in [0.15, 0.2) is 12.2 Å². The van der Waals surface area contributed by atoms with Crippen LogP contribution < -0.4 is 0 Å². The van der Waals surface area contributed by atoms with Crippen LogP contribution in [0.2, 0.25) is 0 Å². The molecule has 5 atom stereocenters. The highest BCUT2D eigenvalue weighted by Crippen LogP contribution is 2.45. The molecule has 0 fully saturated rings. The summed E-state index contributed by atoms with van der Waals surface area (Å²) in [7, 11) is -9.89. The minimum Gasteiger partial charge on any atom is -0.462 e. The van der Waals surface area contributed by atoms with Crippen molar-refractivity contribution < 1.29 is 80.2 Å². The number of aliphatic hydroxyl groups excluding tert-OH is 1. The average Bonchev–Trinajstić information content (AvgIpc) is 3.71. The second-order valence-electron chi connectivity index (χ2n) is 27.1. The molecule has 17 nitrogen and oxygen atoms in total. The molecule has 0 amide bonds. The Kier molecular flexibility index (Phi) is 60.6. The van der Waals surface area contributed by atoms with Gasteiger partial charge in [0, 0.05) is 25.7 Å². The van der Waals surface area contributed by atoms with Crippen LogP contribution in [0.5, 0.6) is 0 Å². The van der Waals surface area contributed by atoms with E-state index in [0.717, 1.165) is 114 Å². The van der Waals surface area contributed by atoms with Crippen molar-refractivity contribution in [2.75, 3.05) is 39.6 Å². The smallest absolute Gasteiger partial charge is 0.462 e. The van der Waals surface area contributed by atoms with Gasteiger partial charge < -0.3 is 33.8 Å². The lowest BCUT2D eigenvalue weighted by Gasteiger charge is -2.21. The second-order valence-corrected chi connectivity index (χ2v) is 30.0. The quantitative estimate of drug-likeness (QED) is 0.0222.